The van der Waals surface area contributed by atoms with E-state index < -0.39 is 6.03 Å². The highest BCUT2D eigenvalue weighted by Crippen LogP contribution is 1.86. The monoisotopic (exact) mass is 172 g/mol. The van der Waals surface area contributed by atoms with Gasteiger partial charge in [0.2, 0.25) is 0 Å². The van der Waals surface area contributed by atoms with E-state index in [-0.39, 0.29) is 0 Å². The van der Waals surface area contributed by atoms with Gasteiger partial charge in [-0.05, 0) is 27.4 Å². The van der Waals surface area contributed by atoms with Crippen molar-refractivity contribution in [2.75, 3.05) is 20.6 Å². The molecule has 0 bridgehead atoms. The van der Waals surface area contributed by atoms with Crippen LogP contribution in [0.5, 0.6) is 0 Å². The molecule has 0 fully saturated rings. The van der Waals surface area contributed by atoms with Crippen molar-refractivity contribution in [3.8, 4) is 0 Å². The summed E-state index contributed by atoms with van der Waals surface area (Å²) in [4.78, 5) is 12.3. The zero-order valence-corrected chi connectivity index (χ0v) is 7.79. The molecule has 0 rings (SSSR count). The summed E-state index contributed by atoms with van der Waals surface area (Å²) in [5, 5.41) is 3.76. The van der Waals surface area contributed by atoms with E-state index in [0.717, 1.165) is 18.7 Å². The molecule has 0 aliphatic rings. The van der Waals surface area contributed by atoms with E-state index in [4.69, 9.17) is 5.73 Å². The van der Waals surface area contributed by atoms with Gasteiger partial charge in [0.05, 0.1) is 0 Å². The molecule has 0 spiro atoms. The molecular weight excluding hydrogens is 156 g/mol. The van der Waals surface area contributed by atoms with Crippen molar-refractivity contribution in [2.45, 2.75) is 13.3 Å². The van der Waals surface area contributed by atoms with E-state index in [2.05, 4.69) is 10.5 Å². The number of amides is 2. The van der Waals surface area contributed by atoms with E-state index in [1.807, 2.05) is 25.9 Å². The molecule has 0 heterocycles. The lowest BCUT2D eigenvalue weighted by Crippen LogP contribution is -2.26. The number of rotatable bonds is 4. The van der Waals surface area contributed by atoms with Crippen LogP contribution < -0.4 is 11.2 Å². The third-order valence-corrected chi connectivity index (χ3v) is 1.28. The molecule has 2 amide bonds. The molecule has 0 saturated carbocycles. The Labute approximate surface area is 72.6 Å². The smallest absolute Gasteiger partial charge is 0.332 e. The van der Waals surface area contributed by atoms with Crippen LogP contribution in [-0.4, -0.2) is 37.3 Å². The van der Waals surface area contributed by atoms with Crippen LogP contribution in [0.2, 0.25) is 0 Å². The molecule has 0 aliphatic carbocycles. The quantitative estimate of drug-likeness (QED) is 0.462. The molecule has 3 N–H and O–H groups in total. The molecule has 0 atom stereocenters. The summed E-state index contributed by atoms with van der Waals surface area (Å²) in [6.45, 7) is 2.76. The van der Waals surface area contributed by atoms with Gasteiger partial charge in [-0.3, -0.25) is 0 Å². The molecule has 0 aromatic heterocycles. The fourth-order valence-corrected chi connectivity index (χ4v) is 0.592. The van der Waals surface area contributed by atoms with Crippen LogP contribution in [-0.2, 0) is 0 Å². The Hall–Kier alpha value is -1.10. The average Bonchev–Trinajstić information content (AvgIpc) is 1.96. The first-order valence-electron chi connectivity index (χ1n) is 3.75. The third-order valence-electron chi connectivity index (χ3n) is 1.28. The van der Waals surface area contributed by atoms with E-state index in [1.165, 1.54) is 0 Å². The number of hydrogen-bond acceptors (Lipinski definition) is 3. The van der Waals surface area contributed by atoms with Crippen molar-refractivity contribution in [2.24, 2.45) is 10.8 Å². The first-order chi connectivity index (χ1) is 5.52. The summed E-state index contributed by atoms with van der Waals surface area (Å²) in [7, 11) is 3.96. The summed E-state index contributed by atoms with van der Waals surface area (Å²) in [5.41, 5.74) is 7.87. The van der Waals surface area contributed by atoms with Crippen molar-refractivity contribution < 1.29 is 4.79 Å². The minimum absolute atomic E-state index is 0.626. The molecule has 0 radical (unpaired) electrons. The van der Waals surface area contributed by atoms with Gasteiger partial charge in [0.15, 0.2) is 0 Å². The van der Waals surface area contributed by atoms with Gasteiger partial charge in [0.1, 0.15) is 0 Å². The van der Waals surface area contributed by atoms with Gasteiger partial charge < -0.3 is 10.6 Å². The van der Waals surface area contributed by atoms with Gasteiger partial charge in [-0.2, -0.15) is 5.10 Å². The van der Waals surface area contributed by atoms with Crippen LogP contribution in [0.4, 0.5) is 4.79 Å². The summed E-state index contributed by atoms with van der Waals surface area (Å²) >= 11 is 0. The molecule has 70 valence electrons. The number of nitrogens with one attached hydrogen (secondary N) is 1. The van der Waals surface area contributed by atoms with Gasteiger partial charge in [-0.15, -0.1) is 0 Å². The second-order valence-corrected chi connectivity index (χ2v) is 2.88. The van der Waals surface area contributed by atoms with Gasteiger partial charge in [0, 0.05) is 12.3 Å². The van der Waals surface area contributed by atoms with Gasteiger partial charge >= 0.3 is 6.03 Å². The molecule has 0 unspecified atom stereocenters. The van der Waals surface area contributed by atoms with Gasteiger partial charge in [-0.25, -0.2) is 10.2 Å². The number of hydrogen-bond donors (Lipinski definition) is 2. The van der Waals surface area contributed by atoms with Crippen LogP contribution >= 0.6 is 0 Å². The third kappa shape index (κ3) is 7.01. The van der Waals surface area contributed by atoms with Crippen molar-refractivity contribution >= 4 is 11.7 Å². The fraction of sp³-hybridized carbons (Fsp3) is 0.714. The van der Waals surface area contributed by atoms with Crippen molar-refractivity contribution in [1.82, 2.24) is 10.3 Å². The molecule has 5 heteroatoms. The molecular formula is C7H16N4O. The van der Waals surface area contributed by atoms with Crippen LogP contribution in [0.15, 0.2) is 5.10 Å². The lowest BCUT2D eigenvalue weighted by Gasteiger charge is -2.08. The lowest BCUT2D eigenvalue weighted by molar-refractivity contribution is 0.249. The van der Waals surface area contributed by atoms with Crippen molar-refractivity contribution in [3.63, 3.8) is 0 Å². The van der Waals surface area contributed by atoms with Crippen LogP contribution in [0.3, 0.4) is 0 Å². The Kier molecular flexibility index (Phi) is 5.03. The highest BCUT2D eigenvalue weighted by Gasteiger charge is 1.94. The van der Waals surface area contributed by atoms with E-state index in [0.29, 0.717) is 0 Å². The standard InChI is InChI=1S/C7H16N4O/c1-6(4-5-11(2)3)9-10-7(8)12/h4-5H2,1-3H3,(H3,8,10,12). The number of carbonyl (C=O) groups is 1. The molecule has 0 aromatic rings. The SMILES string of the molecule is CC(CCN(C)C)=NNC(N)=O. The maximum atomic E-state index is 10.2. The molecule has 0 aliphatic heterocycles. The fourth-order valence-electron chi connectivity index (χ4n) is 0.592. The molecule has 0 saturated heterocycles. The predicted octanol–water partition coefficient (Wildman–Crippen LogP) is -0.0177. The second kappa shape index (κ2) is 5.54. The van der Waals surface area contributed by atoms with Gasteiger partial charge in [0.25, 0.3) is 0 Å². The number of hydrazone groups is 1. The maximum absolute atomic E-state index is 10.2. The molecule has 5 nitrogen and oxygen atoms in total. The summed E-state index contributed by atoms with van der Waals surface area (Å²) in [6, 6.07) is -0.626. The summed E-state index contributed by atoms with van der Waals surface area (Å²) in [6.07, 6.45) is 0.827. The average molecular weight is 172 g/mol. The number of nitrogens with zero attached hydrogens (tertiary/aromatic N) is 2. The number of urea groups is 1. The second-order valence-electron chi connectivity index (χ2n) is 2.88. The number of primary amides is 1. The summed E-state index contributed by atoms with van der Waals surface area (Å²) < 4.78 is 0. The molecule has 12 heavy (non-hydrogen) atoms. The van der Waals surface area contributed by atoms with Crippen LogP contribution in [0.1, 0.15) is 13.3 Å². The zero-order valence-electron chi connectivity index (χ0n) is 7.79. The lowest BCUT2D eigenvalue weighted by atomic mass is 10.3. The predicted molar refractivity (Wildman–Crippen MR) is 49.0 cm³/mol. The zero-order chi connectivity index (χ0) is 9.56. The first-order valence-corrected chi connectivity index (χ1v) is 3.75. The van der Waals surface area contributed by atoms with Crippen molar-refractivity contribution in [1.29, 1.82) is 0 Å². The van der Waals surface area contributed by atoms with Crippen molar-refractivity contribution in [3.05, 3.63) is 0 Å². The normalized spacial score (nSPS) is 11.8. The van der Waals surface area contributed by atoms with E-state index in [1.54, 1.807) is 0 Å². The van der Waals surface area contributed by atoms with Crippen LogP contribution in [0.25, 0.3) is 0 Å². The topological polar surface area (TPSA) is 70.7 Å². The minimum atomic E-state index is -0.626. The highest BCUT2D eigenvalue weighted by molar-refractivity contribution is 5.83. The number of nitrogens with two attached hydrogens (primary N) is 1. The maximum Gasteiger partial charge on any atom is 0.332 e. The van der Waals surface area contributed by atoms with Gasteiger partial charge in [-0.1, -0.05) is 0 Å². The first kappa shape index (κ1) is 10.9. The van der Waals surface area contributed by atoms with E-state index in [9.17, 15) is 4.79 Å². The Morgan fingerprint density at radius 3 is 2.58 bits per heavy atom. The Morgan fingerprint density at radius 2 is 2.17 bits per heavy atom. The number of carbonyl (C=O) groups excluding carboxylic acids is 1. The molecule has 0 aromatic carbocycles. The van der Waals surface area contributed by atoms with Crippen LogP contribution in [0, 0.1) is 0 Å². The highest BCUT2D eigenvalue weighted by atomic mass is 16.2. The van der Waals surface area contributed by atoms with E-state index >= 15 is 0 Å². The summed E-state index contributed by atoms with van der Waals surface area (Å²) in [5.74, 6) is 0. The Balaban J connectivity index is 3.63. The Morgan fingerprint density at radius 1 is 1.58 bits per heavy atom. The minimum Gasteiger partial charge on any atom is -0.350 e. The largest absolute Gasteiger partial charge is 0.350 e. The Bertz CT molecular complexity index is 176.